The summed E-state index contributed by atoms with van der Waals surface area (Å²) in [6.07, 6.45) is 3.43. The lowest BCUT2D eigenvalue weighted by atomic mass is 10.2. The van der Waals surface area contributed by atoms with Crippen molar-refractivity contribution in [3.8, 4) is 0 Å². The first-order valence-corrected chi connectivity index (χ1v) is 6.39. The normalized spacial score (nSPS) is 10.2. The number of rotatable bonds is 4. The first-order chi connectivity index (χ1) is 9.20. The molecule has 0 atom stereocenters. The molecule has 19 heavy (non-hydrogen) atoms. The van der Waals surface area contributed by atoms with Crippen LogP contribution in [0.15, 0.2) is 42.7 Å². The number of aromatic nitrogens is 2. The van der Waals surface area contributed by atoms with Gasteiger partial charge in [-0.05, 0) is 36.8 Å². The third kappa shape index (κ3) is 3.51. The van der Waals surface area contributed by atoms with Gasteiger partial charge < -0.3 is 4.90 Å². The second-order valence-corrected chi connectivity index (χ2v) is 4.41. The van der Waals surface area contributed by atoms with Crippen LogP contribution in [-0.2, 0) is 6.54 Å². The molecular weight excluding hydrogens is 262 g/mol. The van der Waals surface area contributed by atoms with Crippen LogP contribution in [0.1, 0.15) is 23.0 Å². The van der Waals surface area contributed by atoms with Crippen molar-refractivity contribution in [3.63, 3.8) is 0 Å². The van der Waals surface area contributed by atoms with Gasteiger partial charge in [-0.2, -0.15) is 0 Å². The highest BCUT2D eigenvalue weighted by atomic mass is 35.5. The zero-order valence-corrected chi connectivity index (χ0v) is 11.3. The Balaban J connectivity index is 2.16. The minimum Gasteiger partial charge on any atom is -0.333 e. The molecule has 0 aliphatic carbocycles. The Bertz CT molecular complexity index is 560. The van der Waals surface area contributed by atoms with Gasteiger partial charge in [0.05, 0.1) is 0 Å². The van der Waals surface area contributed by atoms with Gasteiger partial charge in [-0.15, -0.1) is 0 Å². The summed E-state index contributed by atoms with van der Waals surface area (Å²) < 4.78 is 0. The molecule has 2 heterocycles. The van der Waals surface area contributed by atoms with Crippen LogP contribution in [0.3, 0.4) is 0 Å². The Morgan fingerprint density at radius 2 is 2.00 bits per heavy atom. The van der Waals surface area contributed by atoms with Crippen LogP contribution < -0.4 is 0 Å². The molecule has 0 aromatic carbocycles. The SMILES string of the molecule is CCN(Cc1ccncc1)C(=O)c1cccc(Cl)n1. The molecule has 0 unspecified atom stereocenters. The molecule has 4 nitrogen and oxygen atoms in total. The summed E-state index contributed by atoms with van der Waals surface area (Å²) in [5, 5.41) is 0.325. The molecule has 2 aromatic rings. The van der Waals surface area contributed by atoms with Gasteiger partial charge in [-0.1, -0.05) is 17.7 Å². The van der Waals surface area contributed by atoms with Crippen molar-refractivity contribution in [2.24, 2.45) is 0 Å². The molecule has 2 rings (SSSR count). The summed E-state index contributed by atoms with van der Waals surface area (Å²) >= 11 is 5.81. The number of carbonyl (C=O) groups is 1. The van der Waals surface area contributed by atoms with E-state index in [1.54, 1.807) is 35.5 Å². The highest BCUT2D eigenvalue weighted by Gasteiger charge is 2.15. The molecule has 98 valence electrons. The van der Waals surface area contributed by atoms with Crippen LogP contribution in [0, 0.1) is 0 Å². The Kier molecular flexibility index (Phi) is 4.47. The third-order valence-electron chi connectivity index (χ3n) is 2.73. The maximum absolute atomic E-state index is 12.3. The van der Waals surface area contributed by atoms with Gasteiger partial charge in [0.2, 0.25) is 0 Å². The summed E-state index contributed by atoms with van der Waals surface area (Å²) in [5.74, 6) is -0.123. The van der Waals surface area contributed by atoms with Crippen molar-refractivity contribution in [2.75, 3.05) is 6.54 Å². The molecule has 0 saturated heterocycles. The smallest absolute Gasteiger partial charge is 0.272 e. The van der Waals surface area contributed by atoms with Crippen molar-refractivity contribution in [2.45, 2.75) is 13.5 Å². The van der Waals surface area contributed by atoms with Gasteiger partial charge in [0, 0.05) is 25.5 Å². The largest absolute Gasteiger partial charge is 0.333 e. The molecule has 0 spiro atoms. The molecule has 0 aliphatic heterocycles. The first kappa shape index (κ1) is 13.5. The standard InChI is InChI=1S/C14H14ClN3O/c1-2-18(10-11-6-8-16-9-7-11)14(19)12-4-3-5-13(15)17-12/h3-9H,2,10H2,1H3. The van der Waals surface area contributed by atoms with Crippen molar-refractivity contribution in [1.82, 2.24) is 14.9 Å². The van der Waals surface area contributed by atoms with E-state index in [4.69, 9.17) is 11.6 Å². The lowest BCUT2D eigenvalue weighted by Gasteiger charge is -2.20. The van der Waals surface area contributed by atoms with Crippen LogP contribution in [0.25, 0.3) is 0 Å². The average molecular weight is 276 g/mol. The Morgan fingerprint density at radius 1 is 1.26 bits per heavy atom. The number of hydrogen-bond acceptors (Lipinski definition) is 3. The molecule has 0 saturated carbocycles. The summed E-state index contributed by atoms with van der Waals surface area (Å²) in [5.41, 5.74) is 1.40. The van der Waals surface area contributed by atoms with Crippen molar-refractivity contribution in [1.29, 1.82) is 0 Å². The molecule has 0 bridgehead atoms. The van der Waals surface area contributed by atoms with Crippen molar-refractivity contribution >= 4 is 17.5 Å². The van der Waals surface area contributed by atoms with Gasteiger partial charge in [0.15, 0.2) is 0 Å². The summed E-state index contributed by atoms with van der Waals surface area (Å²) in [6.45, 7) is 3.07. The van der Waals surface area contributed by atoms with Crippen LogP contribution >= 0.6 is 11.6 Å². The van der Waals surface area contributed by atoms with Crippen molar-refractivity contribution < 1.29 is 4.79 Å². The van der Waals surface area contributed by atoms with E-state index in [-0.39, 0.29) is 5.91 Å². The summed E-state index contributed by atoms with van der Waals surface area (Å²) in [6, 6.07) is 8.83. The van der Waals surface area contributed by atoms with Crippen LogP contribution in [-0.4, -0.2) is 27.3 Å². The predicted octanol–water partition coefficient (Wildman–Crippen LogP) is 2.79. The third-order valence-corrected chi connectivity index (χ3v) is 2.94. The molecule has 5 heteroatoms. The van der Waals surface area contributed by atoms with Crippen LogP contribution in [0.2, 0.25) is 5.15 Å². The maximum Gasteiger partial charge on any atom is 0.272 e. The number of halogens is 1. The molecule has 0 N–H and O–H groups in total. The van der Waals surface area contributed by atoms with Gasteiger partial charge >= 0.3 is 0 Å². The topological polar surface area (TPSA) is 46.1 Å². The lowest BCUT2D eigenvalue weighted by Crippen LogP contribution is -2.30. The van der Waals surface area contributed by atoms with E-state index in [0.717, 1.165) is 5.56 Å². The highest BCUT2D eigenvalue weighted by Crippen LogP contribution is 2.10. The highest BCUT2D eigenvalue weighted by molar-refractivity contribution is 6.29. The average Bonchev–Trinajstić information content (AvgIpc) is 2.45. The van der Waals surface area contributed by atoms with Crippen LogP contribution in [0.4, 0.5) is 0 Å². The summed E-state index contributed by atoms with van der Waals surface area (Å²) in [7, 11) is 0. The fourth-order valence-corrected chi connectivity index (χ4v) is 1.89. The zero-order chi connectivity index (χ0) is 13.7. The van der Waals surface area contributed by atoms with Crippen LogP contribution in [0.5, 0.6) is 0 Å². The number of nitrogens with zero attached hydrogens (tertiary/aromatic N) is 3. The first-order valence-electron chi connectivity index (χ1n) is 6.01. The summed E-state index contributed by atoms with van der Waals surface area (Å²) in [4.78, 5) is 22.0. The monoisotopic (exact) mass is 275 g/mol. The predicted molar refractivity (Wildman–Crippen MR) is 73.9 cm³/mol. The van der Waals surface area contributed by atoms with Gasteiger partial charge in [-0.3, -0.25) is 9.78 Å². The number of carbonyl (C=O) groups excluding carboxylic acids is 1. The zero-order valence-electron chi connectivity index (χ0n) is 10.6. The van der Waals surface area contributed by atoms with E-state index < -0.39 is 0 Å². The minimum absolute atomic E-state index is 0.123. The molecule has 0 aliphatic rings. The fraction of sp³-hybridized carbons (Fsp3) is 0.214. The van der Waals surface area contributed by atoms with E-state index in [9.17, 15) is 4.79 Å². The fourth-order valence-electron chi connectivity index (χ4n) is 1.73. The Hall–Kier alpha value is -1.94. The molecule has 0 fully saturated rings. The van der Waals surface area contributed by atoms with E-state index in [1.807, 2.05) is 19.1 Å². The lowest BCUT2D eigenvalue weighted by molar-refractivity contribution is 0.0746. The Morgan fingerprint density at radius 3 is 2.63 bits per heavy atom. The second kappa shape index (κ2) is 6.29. The molecule has 1 amide bonds. The van der Waals surface area contributed by atoms with E-state index in [2.05, 4.69) is 9.97 Å². The van der Waals surface area contributed by atoms with Gasteiger partial charge in [-0.25, -0.2) is 4.98 Å². The van der Waals surface area contributed by atoms with E-state index in [1.165, 1.54) is 0 Å². The Labute approximate surface area is 117 Å². The number of amides is 1. The minimum atomic E-state index is -0.123. The maximum atomic E-state index is 12.3. The quantitative estimate of drug-likeness (QED) is 0.806. The molecule has 2 aromatic heterocycles. The van der Waals surface area contributed by atoms with Crippen molar-refractivity contribution in [3.05, 3.63) is 59.1 Å². The number of pyridine rings is 2. The molecule has 0 radical (unpaired) electrons. The van der Waals surface area contributed by atoms with E-state index >= 15 is 0 Å². The van der Waals surface area contributed by atoms with E-state index in [0.29, 0.717) is 23.9 Å². The second-order valence-electron chi connectivity index (χ2n) is 4.02. The number of hydrogen-bond donors (Lipinski definition) is 0. The molecular formula is C14H14ClN3O. The van der Waals surface area contributed by atoms with Gasteiger partial charge in [0.25, 0.3) is 5.91 Å². The van der Waals surface area contributed by atoms with Gasteiger partial charge in [0.1, 0.15) is 10.8 Å².